The van der Waals surface area contributed by atoms with Gasteiger partial charge < -0.3 is 9.47 Å². The molecule has 0 fully saturated rings. The van der Waals surface area contributed by atoms with Gasteiger partial charge in [-0.2, -0.15) is 0 Å². The van der Waals surface area contributed by atoms with Crippen LogP contribution < -0.4 is 19.6 Å². The highest BCUT2D eigenvalue weighted by molar-refractivity contribution is 14.1. The number of halogens is 2. The Kier molecular flexibility index (Phi) is 7.63. The Hall–Kier alpha value is -1.99. The molecular formula is C25H22I2N2O4S. The molecule has 0 amide bonds. The maximum atomic E-state index is 13.7. The molecule has 6 nitrogen and oxygen atoms in total. The van der Waals surface area contributed by atoms with E-state index in [-0.39, 0.29) is 12.2 Å². The Bertz CT molecular complexity index is 1490. The number of carbonyl (C=O) groups is 1. The summed E-state index contributed by atoms with van der Waals surface area (Å²) in [5.74, 6) is 0.253. The van der Waals surface area contributed by atoms with Crippen molar-refractivity contribution < 1.29 is 14.3 Å². The molecule has 0 saturated heterocycles. The molecule has 1 aliphatic rings. The van der Waals surface area contributed by atoms with Gasteiger partial charge in [0.15, 0.2) is 4.80 Å². The SMILES string of the molecule is CCOC(=O)C1=C(C)N=c2s/c(=C\c3cc(I)cc(I)c3OC)c(=O)n2[C@H]1c1ccc(C)cc1. The van der Waals surface area contributed by atoms with Crippen molar-refractivity contribution in [3.63, 3.8) is 0 Å². The molecular weight excluding hydrogens is 678 g/mol. The summed E-state index contributed by atoms with van der Waals surface area (Å²) in [6.45, 7) is 5.79. The van der Waals surface area contributed by atoms with E-state index in [9.17, 15) is 9.59 Å². The van der Waals surface area contributed by atoms with E-state index in [4.69, 9.17) is 9.47 Å². The number of ether oxygens (including phenoxy) is 2. The Morgan fingerprint density at radius 1 is 1.21 bits per heavy atom. The normalized spacial score (nSPS) is 15.7. The predicted molar refractivity (Wildman–Crippen MR) is 150 cm³/mol. The number of aryl methyl sites for hydroxylation is 1. The van der Waals surface area contributed by atoms with Crippen LogP contribution in [0, 0.1) is 14.1 Å². The third kappa shape index (κ3) is 4.74. The van der Waals surface area contributed by atoms with Gasteiger partial charge in [0, 0.05) is 9.13 Å². The van der Waals surface area contributed by atoms with Crippen molar-refractivity contribution in [2.45, 2.75) is 26.8 Å². The lowest BCUT2D eigenvalue weighted by molar-refractivity contribution is -0.139. The number of benzene rings is 2. The van der Waals surface area contributed by atoms with Crippen LogP contribution in [0.15, 0.2) is 57.5 Å². The van der Waals surface area contributed by atoms with Gasteiger partial charge in [-0.05, 0) is 89.7 Å². The first-order valence-electron chi connectivity index (χ1n) is 10.5. The maximum Gasteiger partial charge on any atom is 0.338 e. The molecule has 0 unspecified atom stereocenters. The van der Waals surface area contributed by atoms with Gasteiger partial charge in [0.25, 0.3) is 5.56 Å². The highest BCUT2D eigenvalue weighted by Gasteiger charge is 2.33. The number of fused-ring (bicyclic) bond motifs is 1. The van der Waals surface area contributed by atoms with Gasteiger partial charge >= 0.3 is 5.97 Å². The molecule has 9 heteroatoms. The monoisotopic (exact) mass is 700 g/mol. The molecule has 0 saturated carbocycles. The number of methoxy groups -OCH3 is 1. The summed E-state index contributed by atoms with van der Waals surface area (Å²) in [4.78, 5) is 31.9. The van der Waals surface area contributed by atoms with E-state index < -0.39 is 12.0 Å². The number of carbonyl (C=O) groups excluding carboxylic acids is 1. The van der Waals surface area contributed by atoms with Crippen molar-refractivity contribution in [1.82, 2.24) is 4.57 Å². The zero-order chi connectivity index (χ0) is 24.6. The predicted octanol–water partition coefficient (Wildman–Crippen LogP) is 4.32. The van der Waals surface area contributed by atoms with E-state index in [0.717, 1.165) is 23.8 Å². The van der Waals surface area contributed by atoms with E-state index >= 15 is 0 Å². The fourth-order valence-corrected chi connectivity index (χ4v) is 7.05. The van der Waals surface area contributed by atoms with E-state index in [0.29, 0.717) is 26.4 Å². The molecule has 4 rings (SSSR count). The molecule has 176 valence electrons. The van der Waals surface area contributed by atoms with Crippen LogP contribution in [0.5, 0.6) is 5.75 Å². The van der Waals surface area contributed by atoms with Crippen LogP contribution in [-0.4, -0.2) is 24.3 Å². The Labute approximate surface area is 228 Å². The van der Waals surface area contributed by atoms with Crippen molar-refractivity contribution in [2.24, 2.45) is 4.99 Å². The van der Waals surface area contributed by atoms with Crippen LogP contribution in [0.3, 0.4) is 0 Å². The van der Waals surface area contributed by atoms with Gasteiger partial charge in [-0.25, -0.2) is 9.79 Å². The van der Waals surface area contributed by atoms with Gasteiger partial charge in [0.2, 0.25) is 0 Å². The molecule has 0 spiro atoms. The summed E-state index contributed by atoms with van der Waals surface area (Å²) in [7, 11) is 1.62. The van der Waals surface area contributed by atoms with E-state index in [2.05, 4.69) is 50.2 Å². The van der Waals surface area contributed by atoms with Crippen molar-refractivity contribution >= 4 is 68.6 Å². The van der Waals surface area contributed by atoms with Crippen LogP contribution in [0.4, 0.5) is 0 Å². The second-order valence-electron chi connectivity index (χ2n) is 7.72. The van der Waals surface area contributed by atoms with Gasteiger partial charge in [0.05, 0.1) is 39.1 Å². The average Bonchev–Trinajstić information content (AvgIpc) is 3.08. The molecule has 0 aliphatic carbocycles. The quantitative estimate of drug-likeness (QED) is 0.294. The second kappa shape index (κ2) is 10.3. The lowest BCUT2D eigenvalue weighted by atomic mass is 9.95. The largest absolute Gasteiger partial charge is 0.495 e. The summed E-state index contributed by atoms with van der Waals surface area (Å²) in [6.07, 6.45) is 1.84. The fourth-order valence-electron chi connectivity index (χ4n) is 3.90. The number of allylic oxidation sites excluding steroid dienone is 1. The molecule has 2 aromatic carbocycles. The van der Waals surface area contributed by atoms with Crippen LogP contribution in [-0.2, 0) is 9.53 Å². The topological polar surface area (TPSA) is 69.9 Å². The highest BCUT2D eigenvalue weighted by atomic mass is 127. The summed E-state index contributed by atoms with van der Waals surface area (Å²) in [5, 5.41) is 0. The smallest absolute Gasteiger partial charge is 0.338 e. The van der Waals surface area contributed by atoms with Crippen molar-refractivity contribution in [3.05, 3.63) is 91.2 Å². The zero-order valence-corrected chi connectivity index (χ0v) is 24.1. The van der Waals surface area contributed by atoms with Gasteiger partial charge in [-0.1, -0.05) is 41.2 Å². The molecule has 1 aromatic heterocycles. The Morgan fingerprint density at radius 3 is 2.56 bits per heavy atom. The third-order valence-corrected chi connectivity index (χ3v) is 7.84. The minimum Gasteiger partial charge on any atom is -0.495 e. The Morgan fingerprint density at radius 2 is 1.91 bits per heavy atom. The van der Waals surface area contributed by atoms with Gasteiger partial charge in [-0.15, -0.1) is 0 Å². The van der Waals surface area contributed by atoms with E-state index in [1.807, 2.05) is 49.4 Å². The Balaban J connectivity index is 1.99. The molecule has 0 radical (unpaired) electrons. The number of hydrogen-bond acceptors (Lipinski definition) is 6. The molecule has 1 atom stereocenters. The number of thiazole rings is 1. The van der Waals surface area contributed by atoms with E-state index in [1.54, 1.807) is 25.5 Å². The number of esters is 1. The number of rotatable bonds is 5. The minimum atomic E-state index is -0.615. The van der Waals surface area contributed by atoms with Crippen LogP contribution in [0.1, 0.15) is 36.6 Å². The maximum absolute atomic E-state index is 13.7. The van der Waals surface area contributed by atoms with Crippen molar-refractivity contribution in [2.75, 3.05) is 13.7 Å². The summed E-state index contributed by atoms with van der Waals surface area (Å²) < 4.78 is 15.1. The molecule has 0 bridgehead atoms. The molecule has 3 aromatic rings. The highest BCUT2D eigenvalue weighted by Crippen LogP contribution is 2.31. The summed E-state index contributed by atoms with van der Waals surface area (Å²) in [5.41, 5.74) is 3.47. The van der Waals surface area contributed by atoms with Crippen LogP contribution in [0.2, 0.25) is 0 Å². The van der Waals surface area contributed by atoms with Crippen LogP contribution in [0.25, 0.3) is 6.08 Å². The number of nitrogens with zero attached hydrogens (tertiary/aromatic N) is 2. The third-order valence-electron chi connectivity index (χ3n) is 5.44. The number of hydrogen-bond donors (Lipinski definition) is 0. The van der Waals surface area contributed by atoms with Crippen molar-refractivity contribution in [3.8, 4) is 5.75 Å². The lowest BCUT2D eigenvalue weighted by Gasteiger charge is -2.24. The number of aromatic nitrogens is 1. The minimum absolute atomic E-state index is 0.209. The van der Waals surface area contributed by atoms with Crippen molar-refractivity contribution in [1.29, 1.82) is 0 Å². The van der Waals surface area contributed by atoms with Crippen LogP contribution >= 0.6 is 56.5 Å². The standard InChI is InChI=1S/C25H22I2N2O4S/c1-5-33-24(31)20-14(3)28-25-29(21(20)15-8-6-13(2)7-9-15)23(30)19(34-25)11-16-10-17(26)12-18(27)22(16)32-4/h6-12,21H,5H2,1-4H3/b19-11-/t21-/m0/s1. The van der Waals surface area contributed by atoms with E-state index in [1.165, 1.54) is 11.3 Å². The summed E-state index contributed by atoms with van der Waals surface area (Å²) in [6, 6.07) is 11.2. The molecule has 2 heterocycles. The summed E-state index contributed by atoms with van der Waals surface area (Å²) >= 11 is 5.78. The molecule has 34 heavy (non-hydrogen) atoms. The first kappa shape index (κ1) is 25.1. The fraction of sp³-hybridized carbons (Fsp3) is 0.240. The molecule has 0 N–H and O–H groups in total. The second-order valence-corrected chi connectivity index (χ2v) is 11.1. The average molecular weight is 700 g/mol. The first-order valence-corrected chi connectivity index (χ1v) is 13.5. The van der Waals surface area contributed by atoms with Gasteiger partial charge in [0.1, 0.15) is 5.75 Å². The lowest BCUT2D eigenvalue weighted by Crippen LogP contribution is -2.39. The first-order chi connectivity index (χ1) is 16.2. The zero-order valence-electron chi connectivity index (χ0n) is 19.0. The van der Waals surface area contributed by atoms with Gasteiger partial charge in [-0.3, -0.25) is 9.36 Å². The molecule has 1 aliphatic heterocycles.